The lowest BCUT2D eigenvalue weighted by Gasteiger charge is -2.27. The number of carbonyl (C=O) groups is 1. The van der Waals surface area contributed by atoms with Gasteiger partial charge in [-0.15, -0.1) is 0 Å². The number of hydrogen-bond acceptors (Lipinski definition) is 5. The normalized spacial score (nSPS) is 15.0. The summed E-state index contributed by atoms with van der Waals surface area (Å²) in [7, 11) is 0. The number of rotatable bonds is 3. The van der Waals surface area contributed by atoms with E-state index in [1.807, 2.05) is 24.3 Å². The molecule has 3 aromatic carbocycles. The second-order valence-electron chi connectivity index (χ2n) is 6.52. The Hall–Kier alpha value is -3.27. The smallest absolute Gasteiger partial charge is 0.344 e. The van der Waals surface area contributed by atoms with E-state index < -0.39 is 11.9 Å². The van der Waals surface area contributed by atoms with Gasteiger partial charge in [0.1, 0.15) is 23.1 Å². The van der Waals surface area contributed by atoms with Crippen LogP contribution in [0.1, 0.15) is 27.4 Å². The number of nitrogens with zero attached hydrogens (tertiary/aromatic N) is 1. The zero-order valence-electron chi connectivity index (χ0n) is 15.4. The summed E-state index contributed by atoms with van der Waals surface area (Å²) < 4.78 is 11.8. The first-order chi connectivity index (χ1) is 14.5. The molecule has 5 nitrogen and oxygen atoms in total. The second-order valence-corrected chi connectivity index (χ2v) is 7.78. The molecule has 0 radical (unpaired) electrons. The second kappa shape index (κ2) is 8.23. The van der Waals surface area contributed by atoms with Crippen molar-refractivity contribution in [3.8, 4) is 17.6 Å². The van der Waals surface area contributed by atoms with Crippen molar-refractivity contribution in [1.29, 1.82) is 5.26 Å². The summed E-state index contributed by atoms with van der Waals surface area (Å²) in [4.78, 5) is 12.5. The first kappa shape index (κ1) is 20.0. The third-order valence-electron chi connectivity index (χ3n) is 4.71. The van der Waals surface area contributed by atoms with Crippen LogP contribution >= 0.6 is 27.5 Å². The van der Waals surface area contributed by atoms with Gasteiger partial charge < -0.3 is 15.2 Å². The van der Waals surface area contributed by atoms with E-state index in [4.69, 9.17) is 26.8 Å². The summed E-state index contributed by atoms with van der Waals surface area (Å²) in [6.07, 6.45) is 0. The van der Waals surface area contributed by atoms with Crippen molar-refractivity contribution in [1.82, 2.24) is 0 Å². The monoisotopic (exact) mass is 480 g/mol. The lowest BCUT2D eigenvalue weighted by Crippen LogP contribution is -2.21. The van der Waals surface area contributed by atoms with Crippen LogP contribution < -0.4 is 15.2 Å². The van der Waals surface area contributed by atoms with E-state index in [0.717, 1.165) is 5.56 Å². The highest BCUT2D eigenvalue weighted by Gasteiger charge is 2.32. The average Bonchev–Trinajstić information content (AvgIpc) is 2.73. The molecule has 1 atom stereocenters. The number of halogens is 2. The SMILES string of the molecule is N#CC1=C(N)Oc2cc(OC(=O)c3ccccc3Br)ccc2C1c1ccccc1Cl. The van der Waals surface area contributed by atoms with E-state index >= 15 is 0 Å². The molecule has 2 N–H and O–H groups in total. The molecule has 1 aliphatic rings. The molecule has 0 amide bonds. The number of esters is 1. The molecule has 0 aromatic heterocycles. The Morgan fingerprint density at radius 2 is 1.83 bits per heavy atom. The largest absolute Gasteiger partial charge is 0.440 e. The van der Waals surface area contributed by atoms with Crippen LogP contribution in [-0.4, -0.2) is 5.97 Å². The molecule has 148 valence electrons. The number of nitriles is 1. The summed E-state index contributed by atoms with van der Waals surface area (Å²) >= 11 is 9.73. The van der Waals surface area contributed by atoms with Gasteiger partial charge in [0.2, 0.25) is 5.88 Å². The Morgan fingerprint density at radius 1 is 1.10 bits per heavy atom. The predicted molar refractivity (Wildman–Crippen MR) is 116 cm³/mol. The lowest BCUT2D eigenvalue weighted by molar-refractivity contribution is 0.0733. The summed E-state index contributed by atoms with van der Waals surface area (Å²) in [5, 5.41) is 10.2. The molecule has 0 saturated carbocycles. The average molecular weight is 482 g/mol. The molecule has 0 saturated heterocycles. The van der Waals surface area contributed by atoms with Crippen LogP contribution in [0.15, 0.2) is 82.7 Å². The molecule has 0 spiro atoms. The van der Waals surface area contributed by atoms with Gasteiger partial charge >= 0.3 is 5.97 Å². The number of carbonyl (C=O) groups excluding carboxylic acids is 1. The molecule has 7 heteroatoms. The van der Waals surface area contributed by atoms with E-state index in [0.29, 0.717) is 32.1 Å². The van der Waals surface area contributed by atoms with Gasteiger partial charge in [-0.25, -0.2) is 4.79 Å². The van der Waals surface area contributed by atoms with Crippen molar-refractivity contribution in [3.05, 3.63) is 104 Å². The fourth-order valence-corrected chi connectivity index (χ4v) is 4.01. The van der Waals surface area contributed by atoms with Gasteiger partial charge in [-0.3, -0.25) is 0 Å². The maximum Gasteiger partial charge on any atom is 0.344 e. The van der Waals surface area contributed by atoms with Gasteiger partial charge in [0.05, 0.1) is 11.5 Å². The standard InChI is InChI=1S/C23H14BrClN2O3/c24-18-7-3-1-5-14(18)23(28)29-13-9-10-16-20(11-13)30-22(27)17(12-26)21(16)15-6-2-4-8-19(15)25/h1-11,21H,27H2. The molecule has 1 heterocycles. The maximum atomic E-state index is 12.5. The number of fused-ring (bicyclic) bond motifs is 1. The molecule has 30 heavy (non-hydrogen) atoms. The van der Waals surface area contributed by atoms with Crippen LogP contribution in [-0.2, 0) is 0 Å². The molecule has 4 rings (SSSR count). The number of benzene rings is 3. The van der Waals surface area contributed by atoms with Gasteiger partial charge in [0.25, 0.3) is 0 Å². The Bertz CT molecular complexity index is 1230. The number of ether oxygens (including phenoxy) is 2. The first-order valence-corrected chi connectivity index (χ1v) is 10.1. The van der Waals surface area contributed by atoms with Crippen molar-refractivity contribution in [2.75, 3.05) is 0 Å². The van der Waals surface area contributed by atoms with Crippen molar-refractivity contribution in [2.24, 2.45) is 5.73 Å². The molecule has 0 aliphatic carbocycles. The van der Waals surface area contributed by atoms with E-state index in [1.165, 1.54) is 0 Å². The van der Waals surface area contributed by atoms with E-state index in [-0.39, 0.29) is 11.5 Å². The highest BCUT2D eigenvalue weighted by molar-refractivity contribution is 9.10. The number of hydrogen-bond donors (Lipinski definition) is 1. The minimum Gasteiger partial charge on any atom is -0.440 e. The highest BCUT2D eigenvalue weighted by Crippen LogP contribution is 2.45. The fraction of sp³-hybridized carbons (Fsp3) is 0.0435. The quantitative estimate of drug-likeness (QED) is 0.392. The van der Waals surface area contributed by atoms with E-state index in [2.05, 4.69) is 22.0 Å². The van der Waals surface area contributed by atoms with Crippen molar-refractivity contribution < 1.29 is 14.3 Å². The molecule has 3 aromatic rings. The molecule has 0 fully saturated rings. The number of allylic oxidation sites excluding steroid dienone is 1. The van der Waals surface area contributed by atoms with Crippen LogP contribution in [0.5, 0.6) is 11.5 Å². The van der Waals surface area contributed by atoms with Crippen LogP contribution in [0.2, 0.25) is 5.02 Å². The summed E-state index contributed by atoms with van der Waals surface area (Å²) in [5.41, 5.74) is 8.13. The van der Waals surface area contributed by atoms with Gasteiger partial charge in [0, 0.05) is 21.1 Å². The van der Waals surface area contributed by atoms with E-state index in [9.17, 15) is 10.1 Å². The Morgan fingerprint density at radius 3 is 2.57 bits per heavy atom. The zero-order valence-corrected chi connectivity index (χ0v) is 17.8. The molecule has 1 unspecified atom stereocenters. The third-order valence-corrected chi connectivity index (χ3v) is 5.75. The van der Waals surface area contributed by atoms with Crippen molar-refractivity contribution >= 4 is 33.5 Å². The van der Waals surface area contributed by atoms with Crippen LogP contribution in [0.25, 0.3) is 0 Å². The van der Waals surface area contributed by atoms with Crippen molar-refractivity contribution in [2.45, 2.75) is 5.92 Å². The summed E-state index contributed by atoms with van der Waals surface area (Å²) in [6.45, 7) is 0. The number of nitrogens with two attached hydrogens (primary N) is 1. The van der Waals surface area contributed by atoms with Gasteiger partial charge in [0.15, 0.2) is 0 Å². The minimum absolute atomic E-state index is 0.01000. The third kappa shape index (κ3) is 3.65. The maximum absolute atomic E-state index is 12.5. The molecular weight excluding hydrogens is 468 g/mol. The Kier molecular flexibility index (Phi) is 5.49. The lowest BCUT2D eigenvalue weighted by atomic mass is 9.83. The topological polar surface area (TPSA) is 85.3 Å². The fourth-order valence-electron chi connectivity index (χ4n) is 3.32. The summed E-state index contributed by atoms with van der Waals surface area (Å²) in [5.74, 6) is -0.318. The molecular formula is C23H14BrClN2O3. The first-order valence-electron chi connectivity index (χ1n) is 8.92. The zero-order chi connectivity index (χ0) is 21.3. The molecule has 0 bridgehead atoms. The van der Waals surface area contributed by atoms with Crippen LogP contribution in [0, 0.1) is 11.3 Å². The van der Waals surface area contributed by atoms with Gasteiger partial charge in [-0.1, -0.05) is 48.0 Å². The van der Waals surface area contributed by atoms with Crippen LogP contribution in [0.3, 0.4) is 0 Å². The van der Waals surface area contributed by atoms with Gasteiger partial charge in [-0.05, 0) is 45.8 Å². The van der Waals surface area contributed by atoms with E-state index in [1.54, 1.807) is 42.5 Å². The minimum atomic E-state index is -0.512. The van der Waals surface area contributed by atoms with Crippen molar-refractivity contribution in [3.63, 3.8) is 0 Å². The predicted octanol–water partition coefficient (Wildman–Crippen LogP) is 5.54. The Labute approximate surface area is 186 Å². The van der Waals surface area contributed by atoms with Crippen LogP contribution in [0.4, 0.5) is 0 Å². The molecule has 1 aliphatic heterocycles. The highest BCUT2D eigenvalue weighted by atomic mass is 79.9. The van der Waals surface area contributed by atoms with Gasteiger partial charge in [-0.2, -0.15) is 5.26 Å². The summed E-state index contributed by atoms with van der Waals surface area (Å²) in [6, 6.07) is 21.3. The Balaban J connectivity index is 1.73.